The molecule has 3 fully saturated rings. The first kappa shape index (κ1) is 24.1. The summed E-state index contributed by atoms with van der Waals surface area (Å²) in [6, 6.07) is 0. The Morgan fingerprint density at radius 1 is 1.19 bits per heavy atom. The fourth-order valence-electron chi connectivity index (χ4n) is 5.97. The Kier molecular flexibility index (Phi) is 6.80. The number of carbonyl (C=O) groups excluding carboxylic acids is 2. The minimum atomic E-state index is -1.29. The third-order valence-corrected chi connectivity index (χ3v) is 8.15. The second kappa shape index (κ2) is 8.75. The number of hydrogen-bond donors (Lipinski definition) is 3. The topological polar surface area (TPSA) is 121 Å². The van der Waals surface area contributed by atoms with Gasteiger partial charge in [-0.1, -0.05) is 27.2 Å². The van der Waals surface area contributed by atoms with E-state index in [9.17, 15) is 24.6 Å². The van der Waals surface area contributed by atoms with Crippen LogP contribution in [0.2, 0.25) is 0 Å². The number of ketones is 2. The molecular weight excluding hydrogens is 400 g/mol. The van der Waals surface area contributed by atoms with Crippen molar-refractivity contribution in [1.29, 1.82) is 0 Å². The quantitative estimate of drug-likeness (QED) is 0.622. The third-order valence-electron chi connectivity index (χ3n) is 8.15. The highest BCUT2D eigenvalue weighted by Crippen LogP contribution is 2.56. The van der Waals surface area contributed by atoms with Gasteiger partial charge < -0.3 is 20.1 Å². The first-order chi connectivity index (χ1) is 14.4. The van der Waals surface area contributed by atoms with Crippen molar-refractivity contribution in [3.05, 3.63) is 11.1 Å². The molecule has 4 rings (SSSR count). The maximum absolute atomic E-state index is 13.0. The summed E-state index contributed by atoms with van der Waals surface area (Å²) in [7, 11) is 0. The largest absolute Gasteiger partial charge is 0.481 e. The molecule has 0 radical (unpaired) electrons. The molecule has 0 spiro atoms. The van der Waals surface area contributed by atoms with E-state index >= 15 is 0 Å². The SMILES string of the molecule is CC1=C2C(O)C(=O)C3CCC4OCC4C3CC(O)(CC1=O)C2(C)C.CCCCC(=O)O. The van der Waals surface area contributed by atoms with Crippen LogP contribution in [-0.2, 0) is 19.1 Å². The number of hydrogen-bond acceptors (Lipinski definition) is 6. The van der Waals surface area contributed by atoms with Gasteiger partial charge in [0.2, 0.25) is 0 Å². The molecule has 2 bridgehead atoms. The van der Waals surface area contributed by atoms with E-state index in [-0.39, 0.29) is 41.8 Å². The van der Waals surface area contributed by atoms with Crippen LogP contribution in [0.4, 0.5) is 0 Å². The average Bonchev–Trinajstić information content (AvgIpc) is 2.65. The second-order valence-electron chi connectivity index (χ2n) is 10.2. The summed E-state index contributed by atoms with van der Waals surface area (Å²) in [5, 5.41) is 30.4. The molecule has 3 aliphatic carbocycles. The summed E-state index contributed by atoms with van der Waals surface area (Å²) in [5.74, 6) is -1.04. The maximum Gasteiger partial charge on any atom is 0.303 e. The van der Waals surface area contributed by atoms with E-state index in [0.29, 0.717) is 37.0 Å². The Hall–Kier alpha value is -1.57. The van der Waals surface area contributed by atoms with Crippen LogP contribution in [0.3, 0.4) is 0 Å². The number of allylic oxidation sites excluding steroid dienone is 1. The molecule has 0 amide bonds. The first-order valence-electron chi connectivity index (χ1n) is 11.5. The van der Waals surface area contributed by atoms with E-state index < -0.39 is 23.1 Å². The van der Waals surface area contributed by atoms with Gasteiger partial charge in [-0.3, -0.25) is 14.4 Å². The van der Waals surface area contributed by atoms with E-state index in [1.165, 1.54) is 0 Å². The lowest BCUT2D eigenvalue weighted by Gasteiger charge is -2.57. The van der Waals surface area contributed by atoms with Crippen LogP contribution < -0.4 is 0 Å². The Bertz CT molecular complexity index is 783. The second-order valence-corrected chi connectivity index (χ2v) is 10.2. The molecule has 0 aromatic heterocycles. The smallest absolute Gasteiger partial charge is 0.303 e. The first-order valence-corrected chi connectivity index (χ1v) is 11.5. The molecule has 6 unspecified atom stereocenters. The number of aliphatic hydroxyl groups excluding tert-OH is 1. The van der Waals surface area contributed by atoms with Gasteiger partial charge in [0.25, 0.3) is 0 Å². The fourth-order valence-corrected chi connectivity index (χ4v) is 5.97. The minimum Gasteiger partial charge on any atom is -0.481 e. The average molecular weight is 437 g/mol. The van der Waals surface area contributed by atoms with Gasteiger partial charge in [0.1, 0.15) is 6.10 Å². The van der Waals surface area contributed by atoms with Crippen LogP contribution >= 0.6 is 0 Å². The van der Waals surface area contributed by atoms with Gasteiger partial charge in [-0.15, -0.1) is 0 Å². The van der Waals surface area contributed by atoms with E-state index in [0.717, 1.165) is 19.3 Å². The number of aliphatic carboxylic acids is 1. The van der Waals surface area contributed by atoms with Gasteiger partial charge in [-0.05, 0) is 49.7 Å². The summed E-state index contributed by atoms with van der Waals surface area (Å²) >= 11 is 0. The van der Waals surface area contributed by atoms with Gasteiger partial charge in [0, 0.05) is 30.1 Å². The zero-order valence-corrected chi connectivity index (χ0v) is 19.0. The number of ether oxygens (including phenoxy) is 1. The van der Waals surface area contributed by atoms with Gasteiger partial charge in [0.15, 0.2) is 11.6 Å². The van der Waals surface area contributed by atoms with Crippen molar-refractivity contribution >= 4 is 17.5 Å². The Balaban J connectivity index is 0.000000339. The zero-order valence-electron chi connectivity index (χ0n) is 19.0. The highest BCUT2D eigenvalue weighted by atomic mass is 16.5. The van der Waals surface area contributed by atoms with Crippen molar-refractivity contribution in [3.8, 4) is 0 Å². The summed E-state index contributed by atoms with van der Waals surface area (Å²) in [4.78, 5) is 35.3. The van der Waals surface area contributed by atoms with Crippen molar-refractivity contribution in [1.82, 2.24) is 0 Å². The van der Waals surface area contributed by atoms with Crippen LogP contribution in [0.1, 0.15) is 72.6 Å². The Labute approximate surface area is 183 Å². The Morgan fingerprint density at radius 3 is 2.39 bits per heavy atom. The summed E-state index contributed by atoms with van der Waals surface area (Å²) in [6.45, 7) is 7.97. The number of aliphatic hydroxyl groups is 2. The fraction of sp³-hybridized carbons (Fsp3) is 0.792. The van der Waals surface area contributed by atoms with Crippen molar-refractivity contribution in [3.63, 3.8) is 0 Å². The molecule has 4 aliphatic rings. The van der Waals surface area contributed by atoms with E-state index in [1.807, 2.05) is 20.8 Å². The van der Waals surface area contributed by atoms with Crippen molar-refractivity contribution in [2.45, 2.75) is 90.4 Å². The summed E-state index contributed by atoms with van der Waals surface area (Å²) in [5.41, 5.74) is -1.15. The van der Waals surface area contributed by atoms with Gasteiger partial charge in [0.05, 0.1) is 18.3 Å². The molecule has 3 N–H and O–H groups in total. The minimum absolute atomic E-state index is 0.0170. The van der Waals surface area contributed by atoms with Crippen LogP contribution in [0.25, 0.3) is 0 Å². The van der Waals surface area contributed by atoms with E-state index in [1.54, 1.807) is 6.92 Å². The van der Waals surface area contributed by atoms with Crippen LogP contribution in [0, 0.1) is 23.2 Å². The molecule has 1 heterocycles. The standard InChI is InChI=1S/C19H26O5.C5H10O2/c1-9-13(20)7-19(23)6-11-10(4-5-14-12(11)8-24-14)16(21)17(22)15(9)18(19,2)3;1-2-3-4-5(6)7/h10-12,14,17,22-23H,4-8H2,1-3H3;2-4H2,1H3,(H,6,7). The number of carbonyl (C=O) groups is 3. The van der Waals surface area contributed by atoms with Crippen LogP contribution in [0.15, 0.2) is 11.1 Å². The molecule has 2 saturated carbocycles. The van der Waals surface area contributed by atoms with Gasteiger partial charge in [-0.25, -0.2) is 0 Å². The number of Topliss-reactive ketones (excluding diaryl/α,β-unsaturated/α-hetero) is 2. The number of fused-ring (bicyclic) bond motifs is 5. The van der Waals surface area contributed by atoms with Crippen LogP contribution in [0.5, 0.6) is 0 Å². The monoisotopic (exact) mass is 436 g/mol. The third kappa shape index (κ3) is 4.12. The molecule has 1 aliphatic heterocycles. The molecule has 31 heavy (non-hydrogen) atoms. The Morgan fingerprint density at radius 2 is 1.87 bits per heavy atom. The molecule has 0 aromatic rings. The highest BCUT2D eigenvalue weighted by molar-refractivity contribution is 6.00. The van der Waals surface area contributed by atoms with Crippen molar-refractivity contribution < 1.29 is 34.4 Å². The number of carboxylic acids is 1. The molecule has 7 nitrogen and oxygen atoms in total. The predicted octanol–water partition coefficient (Wildman–Crippen LogP) is 2.67. The molecule has 6 atom stereocenters. The number of rotatable bonds is 3. The lowest BCUT2D eigenvalue weighted by Crippen LogP contribution is -2.62. The maximum atomic E-state index is 13.0. The van der Waals surface area contributed by atoms with E-state index in [4.69, 9.17) is 9.84 Å². The lowest BCUT2D eigenvalue weighted by molar-refractivity contribution is -0.199. The van der Waals surface area contributed by atoms with E-state index in [2.05, 4.69) is 0 Å². The number of unbranched alkanes of at least 4 members (excludes halogenated alkanes) is 1. The van der Waals surface area contributed by atoms with Crippen molar-refractivity contribution in [2.75, 3.05) is 6.61 Å². The van der Waals surface area contributed by atoms with Gasteiger partial charge in [-0.2, -0.15) is 0 Å². The summed E-state index contributed by atoms with van der Waals surface area (Å²) < 4.78 is 5.61. The molecular formula is C24H36O7. The molecule has 0 aromatic carbocycles. The molecule has 7 heteroatoms. The normalized spacial score (nSPS) is 38.6. The van der Waals surface area contributed by atoms with Crippen LogP contribution in [-0.4, -0.2) is 57.3 Å². The van der Waals surface area contributed by atoms with Gasteiger partial charge >= 0.3 is 5.97 Å². The predicted molar refractivity (Wildman–Crippen MR) is 113 cm³/mol. The number of carboxylic acid groups (broad SMARTS) is 1. The summed E-state index contributed by atoms with van der Waals surface area (Å²) in [6.07, 6.45) is 2.98. The highest BCUT2D eigenvalue weighted by Gasteiger charge is 2.60. The lowest BCUT2D eigenvalue weighted by atomic mass is 9.52. The zero-order chi connectivity index (χ0) is 23.1. The van der Waals surface area contributed by atoms with Crippen molar-refractivity contribution in [2.24, 2.45) is 23.2 Å². The molecule has 174 valence electrons. The molecule has 1 saturated heterocycles.